The third-order valence-electron chi connectivity index (χ3n) is 1.99. The van der Waals surface area contributed by atoms with Gasteiger partial charge in [-0.25, -0.2) is 4.99 Å². The average molecular weight is 242 g/mol. The molecule has 0 fully saturated rings. The average Bonchev–Trinajstić information content (AvgIpc) is 2.25. The first-order valence-electron chi connectivity index (χ1n) is 5.55. The van der Waals surface area contributed by atoms with Gasteiger partial charge in [0.25, 0.3) is 0 Å². The number of rotatable bonds is 6. The summed E-state index contributed by atoms with van der Waals surface area (Å²) >= 11 is -0.980. The van der Waals surface area contributed by atoms with Crippen molar-refractivity contribution < 1.29 is 4.55 Å². The zero-order valence-electron chi connectivity index (χ0n) is 10.7. The number of aliphatic imine (C=N–C) groups is 1. The first kappa shape index (κ1) is 15.3. The van der Waals surface area contributed by atoms with Crippen molar-refractivity contribution in [3.05, 3.63) is 24.4 Å². The maximum Gasteiger partial charge on any atom is 0.147 e. The molecule has 0 rings (SSSR count). The summed E-state index contributed by atoms with van der Waals surface area (Å²) < 4.78 is 13.4. The molecule has 1 unspecified atom stereocenters. The third kappa shape index (κ3) is 5.98. The van der Waals surface area contributed by atoms with Crippen LogP contribution in [-0.2, 0) is 11.4 Å². The summed E-state index contributed by atoms with van der Waals surface area (Å²) in [6.07, 6.45) is 5.74. The summed E-state index contributed by atoms with van der Waals surface area (Å²) in [7, 11) is 1.79. The molecule has 0 aromatic heterocycles. The monoisotopic (exact) mass is 242 g/mol. The fourth-order valence-electron chi connectivity index (χ4n) is 1.03. The van der Waals surface area contributed by atoms with Gasteiger partial charge in [-0.2, -0.15) is 4.31 Å². The predicted octanol–water partition coefficient (Wildman–Crippen LogP) is 2.89. The van der Waals surface area contributed by atoms with Crippen molar-refractivity contribution in [2.45, 2.75) is 33.6 Å². The van der Waals surface area contributed by atoms with Crippen LogP contribution < -0.4 is 0 Å². The van der Waals surface area contributed by atoms with Gasteiger partial charge >= 0.3 is 0 Å². The Kier molecular flexibility index (Phi) is 8.03. The minimum Gasteiger partial charge on any atom is -0.593 e. The third-order valence-corrected chi connectivity index (χ3v) is 3.62. The van der Waals surface area contributed by atoms with Gasteiger partial charge in [0.05, 0.1) is 24.1 Å². The summed E-state index contributed by atoms with van der Waals surface area (Å²) in [5.41, 5.74) is 0.694. The van der Waals surface area contributed by atoms with E-state index in [4.69, 9.17) is 0 Å². The van der Waals surface area contributed by atoms with Crippen molar-refractivity contribution in [3.63, 3.8) is 0 Å². The Morgan fingerprint density at radius 3 is 2.62 bits per heavy atom. The molecule has 0 heterocycles. The summed E-state index contributed by atoms with van der Waals surface area (Å²) in [5, 5.41) is 0. The van der Waals surface area contributed by atoms with E-state index in [0.29, 0.717) is 11.4 Å². The number of amidine groups is 1. The summed E-state index contributed by atoms with van der Waals surface area (Å²) in [5.74, 6) is 1.40. The van der Waals surface area contributed by atoms with E-state index in [-0.39, 0.29) is 0 Å². The molecule has 0 radical (unpaired) electrons. The molecule has 16 heavy (non-hydrogen) atoms. The SMILES string of the molecule is C=C(/C=C\CC)/N=C(/C)N(C)[S+]([O-])CCC. The van der Waals surface area contributed by atoms with Gasteiger partial charge in [-0.15, -0.1) is 0 Å². The highest BCUT2D eigenvalue weighted by atomic mass is 32.2. The van der Waals surface area contributed by atoms with Crippen LogP contribution in [0.3, 0.4) is 0 Å². The lowest BCUT2D eigenvalue weighted by Gasteiger charge is -2.21. The van der Waals surface area contributed by atoms with E-state index in [1.807, 2.05) is 26.0 Å². The van der Waals surface area contributed by atoms with Crippen LogP contribution >= 0.6 is 0 Å². The molecule has 0 aromatic carbocycles. The van der Waals surface area contributed by atoms with Gasteiger partial charge in [0.15, 0.2) is 0 Å². The Morgan fingerprint density at radius 2 is 2.12 bits per heavy atom. The summed E-state index contributed by atoms with van der Waals surface area (Å²) in [6.45, 7) is 9.74. The molecule has 0 aliphatic heterocycles. The van der Waals surface area contributed by atoms with Crippen molar-refractivity contribution in [3.8, 4) is 0 Å². The van der Waals surface area contributed by atoms with Crippen LogP contribution in [0.15, 0.2) is 29.4 Å². The first-order valence-corrected chi connectivity index (χ1v) is 6.83. The van der Waals surface area contributed by atoms with Gasteiger partial charge in [-0.1, -0.05) is 26.5 Å². The fourth-order valence-corrected chi connectivity index (χ4v) is 1.99. The highest BCUT2D eigenvalue weighted by Crippen LogP contribution is 2.05. The molecule has 0 spiro atoms. The van der Waals surface area contributed by atoms with E-state index in [2.05, 4.69) is 18.5 Å². The van der Waals surface area contributed by atoms with Gasteiger partial charge in [0.1, 0.15) is 11.6 Å². The van der Waals surface area contributed by atoms with Crippen molar-refractivity contribution in [1.82, 2.24) is 4.31 Å². The van der Waals surface area contributed by atoms with Crippen molar-refractivity contribution in [2.75, 3.05) is 12.8 Å². The van der Waals surface area contributed by atoms with E-state index in [9.17, 15) is 4.55 Å². The lowest BCUT2D eigenvalue weighted by Crippen LogP contribution is -2.33. The Balaban J connectivity index is 4.41. The molecular formula is C12H22N2OS. The normalized spacial score (nSPS) is 14.2. The lowest BCUT2D eigenvalue weighted by atomic mass is 10.3. The smallest absolute Gasteiger partial charge is 0.147 e. The van der Waals surface area contributed by atoms with Crippen molar-refractivity contribution in [2.24, 2.45) is 4.99 Å². The molecular weight excluding hydrogens is 220 g/mol. The molecule has 92 valence electrons. The summed E-state index contributed by atoms with van der Waals surface area (Å²) in [4.78, 5) is 4.29. The van der Waals surface area contributed by atoms with Crippen LogP contribution in [0.2, 0.25) is 0 Å². The Morgan fingerprint density at radius 1 is 1.50 bits per heavy atom. The second kappa shape index (κ2) is 8.42. The molecule has 0 saturated heterocycles. The number of hydrogen-bond acceptors (Lipinski definition) is 2. The molecule has 0 saturated carbocycles. The van der Waals surface area contributed by atoms with Gasteiger partial charge in [0.2, 0.25) is 0 Å². The molecule has 3 nitrogen and oxygen atoms in total. The maximum atomic E-state index is 11.7. The van der Waals surface area contributed by atoms with Crippen LogP contribution in [0.1, 0.15) is 33.6 Å². The highest BCUT2D eigenvalue weighted by Gasteiger charge is 2.14. The number of hydrogen-bond donors (Lipinski definition) is 0. The molecule has 0 aliphatic carbocycles. The highest BCUT2D eigenvalue weighted by molar-refractivity contribution is 7.89. The standard InChI is InChI=1S/C12H22N2OS/c1-6-8-9-11(3)13-12(4)14(5)16(15)10-7-2/h8-9H,3,6-7,10H2,1-2,4-5H3/b9-8-,13-12-. The Labute approximate surface area is 102 Å². The zero-order chi connectivity index (χ0) is 12.6. The van der Waals surface area contributed by atoms with Crippen LogP contribution in [0.25, 0.3) is 0 Å². The van der Waals surface area contributed by atoms with E-state index >= 15 is 0 Å². The van der Waals surface area contributed by atoms with Crippen molar-refractivity contribution >= 4 is 17.2 Å². The molecule has 0 bridgehead atoms. The molecule has 0 aromatic rings. The van der Waals surface area contributed by atoms with E-state index in [1.54, 1.807) is 11.4 Å². The van der Waals surface area contributed by atoms with Gasteiger partial charge < -0.3 is 4.55 Å². The van der Waals surface area contributed by atoms with Gasteiger partial charge in [-0.3, -0.25) is 0 Å². The zero-order valence-corrected chi connectivity index (χ0v) is 11.5. The minimum absolute atomic E-state index is 0.667. The molecule has 0 aliphatic rings. The van der Waals surface area contributed by atoms with Crippen LogP contribution in [0, 0.1) is 0 Å². The quantitative estimate of drug-likeness (QED) is 0.311. The number of nitrogens with zero attached hydrogens (tertiary/aromatic N) is 2. The second-order valence-electron chi connectivity index (χ2n) is 3.48. The summed E-state index contributed by atoms with van der Waals surface area (Å²) in [6, 6.07) is 0. The maximum absolute atomic E-state index is 11.7. The topological polar surface area (TPSA) is 38.7 Å². The predicted molar refractivity (Wildman–Crippen MR) is 72.7 cm³/mol. The van der Waals surface area contributed by atoms with Crippen LogP contribution in [0.4, 0.5) is 0 Å². The van der Waals surface area contributed by atoms with E-state index < -0.39 is 11.4 Å². The molecule has 0 amide bonds. The fraction of sp³-hybridized carbons (Fsp3) is 0.583. The van der Waals surface area contributed by atoms with Crippen LogP contribution in [-0.4, -0.2) is 27.5 Å². The molecule has 4 heteroatoms. The largest absolute Gasteiger partial charge is 0.593 e. The number of allylic oxidation sites excluding steroid dienone is 2. The van der Waals surface area contributed by atoms with E-state index in [1.165, 1.54) is 0 Å². The van der Waals surface area contributed by atoms with Gasteiger partial charge in [-0.05, 0) is 25.8 Å². The molecule has 0 N–H and O–H groups in total. The lowest BCUT2D eigenvalue weighted by molar-refractivity contribution is 0.549. The minimum atomic E-state index is -0.980. The first-order chi connectivity index (χ1) is 7.52. The molecule has 1 atom stereocenters. The van der Waals surface area contributed by atoms with Crippen LogP contribution in [0.5, 0.6) is 0 Å². The Hall–Kier alpha value is -0.740. The van der Waals surface area contributed by atoms with Crippen molar-refractivity contribution in [1.29, 1.82) is 0 Å². The van der Waals surface area contributed by atoms with Gasteiger partial charge in [0, 0.05) is 0 Å². The van der Waals surface area contributed by atoms with E-state index in [0.717, 1.165) is 18.7 Å². The Bertz CT molecular complexity index is 274. The second-order valence-corrected chi connectivity index (χ2v) is 5.08.